The van der Waals surface area contributed by atoms with Crippen LogP contribution in [-0.4, -0.2) is 48.1 Å². The molecule has 0 aromatic heterocycles. The summed E-state index contributed by atoms with van der Waals surface area (Å²) in [7, 11) is 0. The third-order valence-electron chi connectivity index (χ3n) is 5.55. The monoisotopic (exact) mass is 331 g/mol. The Bertz CT molecular complexity index is 542. The number of aliphatic hydroxyl groups excluding tert-OH is 1. The second-order valence-electron chi connectivity index (χ2n) is 7.40. The lowest BCUT2D eigenvalue weighted by Gasteiger charge is -2.41. The van der Waals surface area contributed by atoms with Gasteiger partial charge in [-0.25, -0.2) is 0 Å². The molecule has 4 nitrogen and oxygen atoms in total. The molecule has 1 aliphatic carbocycles. The van der Waals surface area contributed by atoms with Crippen LogP contribution < -0.4 is 4.74 Å². The van der Waals surface area contributed by atoms with E-state index in [2.05, 4.69) is 4.90 Å². The van der Waals surface area contributed by atoms with Gasteiger partial charge in [-0.15, -0.1) is 0 Å². The van der Waals surface area contributed by atoms with Gasteiger partial charge in [-0.05, 0) is 62.4 Å². The third kappa shape index (κ3) is 4.58. The number of β-amino-alcohol motifs (C(OH)–C–C–N with tert-alkyl or cyclic N) is 1. The van der Waals surface area contributed by atoms with E-state index >= 15 is 0 Å². The minimum atomic E-state index is -0.474. The molecule has 1 saturated carbocycles. The van der Waals surface area contributed by atoms with Gasteiger partial charge in [0.25, 0.3) is 0 Å². The van der Waals surface area contributed by atoms with Crippen LogP contribution in [0.4, 0.5) is 0 Å². The molecular weight excluding hydrogens is 302 g/mol. The van der Waals surface area contributed by atoms with Crippen LogP contribution in [0, 0.1) is 11.8 Å². The summed E-state index contributed by atoms with van der Waals surface area (Å²) in [6.45, 7) is 4.77. The summed E-state index contributed by atoms with van der Waals surface area (Å²) in [5, 5.41) is 10.3. The van der Waals surface area contributed by atoms with Crippen molar-refractivity contribution < 1.29 is 14.6 Å². The molecule has 1 aromatic carbocycles. The highest BCUT2D eigenvalue weighted by Gasteiger charge is 2.31. The van der Waals surface area contributed by atoms with Crippen LogP contribution >= 0.6 is 0 Å². The standard InChI is InChI=1S/C20H29NO3/c1-15(22)16-6-8-20(9-7-16)24-14-19(23)13-21-11-10-17-4-2-3-5-18(17)12-21/h6-9,17-19,23H,2-5,10-14H2,1H3. The van der Waals surface area contributed by atoms with Gasteiger partial charge in [0.2, 0.25) is 0 Å². The number of benzene rings is 1. The zero-order chi connectivity index (χ0) is 16.9. The predicted octanol–water partition coefficient (Wildman–Crippen LogP) is 3.14. The van der Waals surface area contributed by atoms with Gasteiger partial charge in [-0.1, -0.05) is 19.3 Å². The number of piperidine rings is 1. The first-order valence-electron chi connectivity index (χ1n) is 9.26. The lowest BCUT2D eigenvalue weighted by Crippen LogP contribution is -2.45. The van der Waals surface area contributed by atoms with Crippen LogP contribution in [0.15, 0.2) is 24.3 Å². The zero-order valence-electron chi connectivity index (χ0n) is 14.6. The number of hydrogen-bond acceptors (Lipinski definition) is 4. The average Bonchev–Trinajstić information content (AvgIpc) is 2.60. The summed E-state index contributed by atoms with van der Waals surface area (Å²) in [6.07, 6.45) is 6.34. The second-order valence-corrected chi connectivity index (χ2v) is 7.40. The molecule has 3 atom stereocenters. The lowest BCUT2D eigenvalue weighted by molar-refractivity contribution is 0.0281. The zero-order valence-corrected chi connectivity index (χ0v) is 14.6. The quantitative estimate of drug-likeness (QED) is 0.814. The molecule has 3 unspecified atom stereocenters. The smallest absolute Gasteiger partial charge is 0.159 e. The first-order valence-corrected chi connectivity index (χ1v) is 9.26. The van der Waals surface area contributed by atoms with Gasteiger partial charge in [-0.2, -0.15) is 0 Å². The molecule has 0 radical (unpaired) electrons. The maximum absolute atomic E-state index is 11.3. The van der Waals surface area contributed by atoms with E-state index in [1.807, 2.05) is 0 Å². The number of rotatable bonds is 6. The van der Waals surface area contributed by atoms with Crippen LogP contribution in [0.2, 0.25) is 0 Å². The van der Waals surface area contributed by atoms with Gasteiger partial charge in [0, 0.05) is 18.7 Å². The lowest BCUT2D eigenvalue weighted by atomic mass is 9.75. The Morgan fingerprint density at radius 3 is 2.62 bits per heavy atom. The molecule has 2 aliphatic rings. The highest BCUT2D eigenvalue weighted by atomic mass is 16.5. The van der Waals surface area contributed by atoms with Crippen LogP contribution in [0.1, 0.15) is 49.4 Å². The molecule has 2 fully saturated rings. The maximum atomic E-state index is 11.3. The molecule has 0 bridgehead atoms. The number of aliphatic hydroxyl groups is 1. The maximum Gasteiger partial charge on any atom is 0.159 e. The minimum Gasteiger partial charge on any atom is -0.491 e. The SMILES string of the molecule is CC(=O)c1ccc(OCC(O)CN2CCC3CCCCC3C2)cc1. The van der Waals surface area contributed by atoms with Crippen LogP contribution in [0.25, 0.3) is 0 Å². The largest absolute Gasteiger partial charge is 0.491 e. The molecule has 3 rings (SSSR count). The van der Waals surface area contributed by atoms with Gasteiger partial charge in [-0.3, -0.25) is 4.79 Å². The fourth-order valence-corrected chi connectivity index (χ4v) is 4.17. The highest BCUT2D eigenvalue weighted by molar-refractivity contribution is 5.94. The Morgan fingerprint density at radius 1 is 1.21 bits per heavy atom. The van der Waals surface area contributed by atoms with Gasteiger partial charge < -0.3 is 14.7 Å². The van der Waals surface area contributed by atoms with E-state index in [9.17, 15) is 9.90 Å². The van der Waals surface area contributed by atoms with Gasteiger partial charge in [0.05, 0.1) is 0 Å². The van der Waals surface area contributed by atoms with Crippen LogP contribution in [-0.2, 0) is 0 Å². The van der Waals surface area contributed by atoms with Gasteiger partial charge in [0.1, 0.15) is 18.5 Å². The predicted molar refractivity (Wildman–Crippen MR) is 94.5 cm³/mol. The van der Waals surface area contributed by atoms with Crippen molar-refractivity contribution in [3.05, 3.63) is 29.8 Å². The fourth-order valence-electron chi connectivity index (χ4n) is 4.17. The second kappa shape index (κ2) is 8.13. The first kappa shape index (κ1) is 17.4. The minimum absolute atomic E-state index is 0.0488. The Balaban J connectivity index is 1.42. The van der Waals surface area contributed by atoms with Crippen molar-refractivity contribution in [2.45, 2.75) is 45.1 Å². The molecule has 1 aliphatic heterocycles. The van der Waals surface area contributed by atoms with Gasteiger partial charge in [0.15, 0.2) is 5.78 Å². The Kier molecular flexibility index (Phi) is 5.90. The third-order valence-corrected chi connectivity index (χ3v) is 5.55. The summed E-state index contributed by atoms with van der Waals surface area (Å²) in [4.78, 5) is 13.7. The van der Waals surface area contributed by atoms with Crippen LogP contribution in [0.3, 0.4) is 0 Å². The van der Waals surface area contributed by atoms with E-state index in [0.29, 0.717) is 24.5 Å². The number of carbonyl (C=O) groups is 1. The number of hydrogen-bond donors (Lipinski definition) is 1. The number of ketones is 1. The summed E-state index contributed by atoms with van der Waals surface area (Å²) in [6, 6.07) is 7.10. The van der Waals surface area contributed by atoms with E-state index in [4.69, 9.17) is 4.74 Å². The van der Waals surface area contributed by atoms with E-state index in [0.717, 1.165) is 24.9 Å². The van der Waals surface area contributed by atoms with Crippen LogP contribution in [0.5, 0.6) is 5.75 Å². The van der Waals surface area contributed by atoms with Crippen molar-refractivity contribution in [3.63, 3.8) is 0 Å². The van der Waals surface area contributed by atoms with E-state index < -0.39 is 6.10 Å². The number of carbonyl (C=O) groups excluding carboxylic acids is 1. The van der Waals surface area contributed by atoms with E-state index in [-0.39, 0.29) is 5.78 Å². The molecule has 1 aromatic rings. The summed E-state index contributed by atoms with van der Waals surface area (Å²) >= 11 is 0. The van der Waals surface area contributed by atoms with Crippen molar-refractivity contribution in [2.24, 2.45) is 11.8 Å². The number of likely N-dealkylation sites (tertiary alicyclic amines) is 1. The van der Waals surface area contributed by atoms with Crippen molar-refractivity contribution in [1.82, 2.24) is 4.90 Å². The van der Waals surface area contributed by atoms with Crippen molar-refractivity contribution in [1.29, 1.82) is 0 Å². The van der Waals surface area contributed by atoms with Crippen molar-refractivity contribution in [3.8, 4) is 5.75 Å². The van der Waals surface area contributed by atoms with E-state index in [1.165, 1.54) is 32.1 Å². The number of ether oxygens (including phenoxy) is 1. The number of nitrogens with zero attached hydrogens (tertiary/aromatic N) is 1. The van der Waals surface area contributed by atoms with Crippen molar-refractivity contribution >= 4 is 5.78 Å². The first-order chi connectivity index (χ1) is 11.6. The molecule has 1 N–H and O–H groups in total. The summed E-state index contributed by atoms with van der Waals surface area (Å²) < 4.78 is 5.66. The molecule has 24 heavy (non-hydrogen) atoms. The molecule has 4 heteroatoms. The Morgan fingerprint density at radius 2 is 1.92 bits per heavy atom. The molecule has 1 heterocycles. The number of Topliss-reactive ketones (excluding diaryl/α,β-unsaturated/α-hetero) is 1. The highest BCUT2D eigenvalue weighted by Crippen LogP contribution is 2.35. The van der Waals surface area contributed by atoms with Gasteiger partial charge >= 0.3 is 0 Å². The average molecular weight is 331 g/mol. The Labute approximate surface area is 144 Å². The molecular formula is C20H29NO3. The number of fused-ring (bicyclic) bond motifs is 1. The summed E-state index contributed by atoms with van der Waals surface area (Å²) in [5.41, 5.74) is 0.679. The van der Waals surface area contributed by atoms with Crippen molar-refractivity contribution in [2.75, 3.05) is 26.2 Å². The molecule has 0 spiro atoms. The topological polar surface area (TPSA) is 49.8 Å². The molecule has 0 amide bonds. The summed E-state index contributed by atoms with van der Waals surface area (Å²) in [5.74, 6) is 2.50. The molecule has 1 saturated heterocycles. The normalized spacial score (nSPS) is 25.8. The van der Waals surface area contributed by atoms with E-state index in [1.54, 1.807) is 31.2 Å². The fraction of sp³-hybridized carbons (Fsp3) is 0.650. The Hall–Kier alpha value is -1.39. The molecule has 132 valence electrons.